The van der Waals surface area contributed by atoms with E-state index in [4.69, 9.17) is 0 Å². The number of amides is 1. The van der Waals surface area contributed by atoms with Crippen LogP contribution in [0.15, 0.2) is 18.2 Å². The number of carbonyl (C=O) groups excluding carboxylic acids is 1. The Hall–Kier alpha value is -1.49. The summed E-state index contributed by atoms with van der Waals surface area (Å²) in [6, 6.07) is 3.33. The van der Waals surface area contributed by atoms with Crippen LogP contribution >= 0.6 is 0 Å². The van der Waals surface area contributed by atoms with Crippen molar-refractivity contribution in [1.82, 2.24) is 10.2 Å². The van der Waals surface area contributed by atoms with Crippen LogP contribution in [0.4, 0.5) is 8.78 Å². The molecular formula is C14H18F2N2O. The first-order chi connectivity index (χ1) is 9.10. The first-order valence-electron chi connectivity index (χ1n) is 6.46. The van der Waals surface area contributed by atoms with Crippen LogP contribution < -0.4 is 5.32 Å². The number of hydrogen-bond donors (Lipinski definition) is 1. The van der Waals surface area contributed by atoms with Crippen molar-refractivity contribution in [3.05, 3.63) is 35.4 Å². The summed E-state index contributed by atoms with van der Waals surface area (Å²) in [6.45, 7) is 2.31. The fourth-order valence-corrected chi connectivity index (χ4v) is 2.45. The zero-order valence-electron chi connectivity index (χ0n) is 11.0. The van der Waals surface area contributed by atoms with E-state index in [1.54, 1.807) is 4.90 Å². The molecule has 0 saturated carbocycles. The number of nitrogens with one attached hydrogen (secondary N) is 1. The summed E-state index contributed by atoms with van der Waals surface area (Å²) in [7, 11) is 1.89. The highest BCUT2D eigenvalue weighted by Gasteiger charge is 2.26. The molecule has 0 radical (unpaired) electrons. The minimum absolute atomic E-state index is 0.00160. The summed E-state index contributed by atoms with van der Waals surface area (Å²) < 4.78 is 26.3. The summed E-state index contributed by atoms with van der Waals surface area (Å²) in [6.07, 6.45) is 0.969. The van der Waals surface area contributed by atoms with Crippen molar-refractivity contribution in [2.75, 3.05) is 26.7 Å². The van der Waals surface area contributed by atoms with E-state index in [1.165, 1.54) is 12.1 Å². The fraction of sp³-hybridized carbons (Fsp3) is 0.500. The third-order valence-electron chi connectivity index (χ3n) is 3.49. The molecule has 1 fully saturated rings. The van der Waals surface area contributed by atoms with E-state index in [9.17, 15) is 13.6 Å². The van der Waals surface area contributed by atoms with Crippen LogP contribution in [0.2, 0.25) is 0 Å². The SMILES string of the molecule is CNCC1CCN(C(=O)Cc2ccc(F)cc2F)C1. The van der Waals surface area contributed by atoms with Gasteiger partial charge in [-0.25, -0.2) is 8.78 Å². The van der Waals surface area contributed by atoms with E-state index in [0.717, 1.165) is 19.0 Å². The predicted octanol–water partition coefficient (Wildman–Crippen LogP) is 1.58. The summed E-state index contributed by atoms with van der Waals surface area (Å²) in [5, 5.41) is 3.09. The molecule has 1 aromatic rings. The van der Waals surface area contributed by atoms with Gasteiger partial charge < -0.3 is 10.2 Å². The van der Waals surface area contributed by atoms with Gasteiger partial charge in [0.1, 0.15) is 11.6 Å². The van der Waals surface area contributed by atoms with Crippen LogP contribution in [0.1, 0.15) is 12.0 Å². The van der Waals surface area contributed by atoms with E-state index < -0.39 is 11.6 Å². The Morgan fingerprint density at radius 2 is 2.26 bits per heavy atom. The number of carbonyl (C=O) groups is 1. The third kappa shape index (κ3) is 3.50. The van der Waals surface area contributed by atoms with E-state index >= 15 is 0 Å². The van der Waals surface area contributed by atoms with Gasteiger partial charge in [-0.2, -0.15) is 0 Å². The van der Waals surface area contributed by atoms with Crippen molar-refractivity contribution in [2.24, 2.45) is 5.92 Å². The van der Waals surface area contributed by atoms with Gasteiger partial charge in [0.15, 0.2) is 0 Å². The van der Waals surface area contributed by atoms with Crippen molar-refractivity contribution in [3.63, 3.8) is 0 Å². The van der Waals surface area contributed by atoms with Gasteiger partial charge in [0, 0.05) is 19.2 Å². The Labute approximate surface area is 111 Å². The smallest absolute Gasteiger partial charge is 0.227 e. The van der Waals surface area contributed by atoms with Crippen LogP contribution in [0, 0.1) is 17.6 Å². The molecular weight excluding hydrogens is 250 g/mol. The molecule has 1 amide bonds. The number of likely N-dealkylation sites (tertiary alicyclic amines) is 1. The lowest BCUT2D eigenvalue weighted by molar-refractivity contribution is -0.129. The second-order valence-electron chi connectivity index (χ2n) is 4.96. The molecule has 1 atom stereocenters. The van der Waals surface area contributed by atoms with Gasteiger partial charge in [0.05, 0.1) is 6.42 Å². The second kappa shape index (κ2) is 6.10. The van der Waals surface area contributed by atoms with E-state index in [-0.39, 0.29) is 17.9 Å². The standard InChI is InChI=1S/C14H18F2N2O/c1-17-8-10-4-5-18(9-10)14(19)6-11-2-3-12(15)7-13(11)16/h2-3,7,10,17H,4-6,8-9H2,1H3. The molecule has 5 heteroatoms. The zero-order chi connectivity index (χ0) is 13.8. The van der Waals surface area contributed by atoms with Gasteiger partial charge in [-0.1, -0.05) is 6.07 Å². The van der Waals surface area contributed by atoms with Crippen molar-refractivity contribution in [2.45, 2.75) is 12.8 Å². The lowest BCUT2D eigenvalue weighted by atomic mass is 10.1. The molecule has 3 nitrogen and oxygen atoms in total. The minimum atomic E-state index is -0.653. The monoisotopic (exact) mass is 268 g/mol. The average Bonchev–Trinajstić information content (AvgIpc) is 2.82. The fourth-order valence-electron chi connectivity index (χ4n) is 2.45. The zero-order valence-corrected chi connectivity index (χ0v) is 11.0. The van der Waals surface area contributed by atoms with Gasteiger partial charge in [-0.05, 0) is 37.6 Å². The Morgan fingerprint density at radius 1 is 1.47 bits per heavy atom. The van der Waals surface area contributed by atoms with Crippen molar-refractivity contribution in [1.29, 1.82) is 0 Å². The summed E-state index contributed by atoms with van der Waals surface area (Å²) in [4.78, 5) is 13.8. The highest BCUT2D eigenvalue weighted by atomic mass is 19.1. The predicted molar refractivity (Wildman–Crippen MR) is 68.7 cm³/mol. The normalized spacial score (nSPS) is 18.9. The maximum atomic E-state index is 13.5. The van der Waals surface area contributed by atoms with Crippen LogP contribution in [0.3, 0.4) is 0 Å². The quantitative estimate of drug-likeness (QED) is 0.899. The summed E-state index contributed by atoms with van der Waals surface area (Å²) in [5.41, 5.74) is 0.253. The first kappa shape index (κ1) is 13.9. The van der Waals surface area contributed by atoms with Gasteiger partial charge >= 0.3 is 0 Å². The summed E-state index contributed by atoms with van der Waals surface area (Å²) >= 11 is 0. The molecule has 1 aliphatic heterocycles. The number of rotatable bonds is 4. The Bertz CT molecular complexity index is 465. The highest BCUT2D eigenvalue weighted by molar-refractivity contribution is 5.79. The lowest BCUT2D eigenvalue weighted by Gasteiger charge is -2.16. The van der Waals surface area contributed by atoms with Crippen LogP contribution in [-0.4, -0.2) is 37.5 Å². The lowest BCUT2D eigenvalue weighted by Crippen LogP contribution is -2.31. The molecule has 104 valence electrons. The van der Waals surface area contributed by atoms with Gasteiger partial charge in [0.2, 0.25) is 5.91 Å². The first-order valence-corrected chi connectivity index (χ1v) is 6.46. The number of benzene rings is 1. The molecule has 0 spiro atoms. The third-order valence-corrected chi connectivity index (χ3v) is 3.49. The van der Waals surface area contributed by atoms with Crippen LogP contribution in [0.5, 0.6) is 0 Å². The highest BCUT2D eigenvalue weighted by Crippen LogP contribution is 2.18. The number of hydrogen-bond acceptors (Lipinski definition) is 2. The maximum Gasteiger partial charge on any atom is 0.227 e. The minimum Gasteiger partial charge on any atom is -0.342 e. The largest absolute Gasteiger partial charge is 0.342 e. The average molecular weight is 268 g/mol. The molecule has 1 aromatic carbocycles. The molecule has 0 aliphatic carbocycles. The molecule has 1 unspecified atom stereocenters. The van der Waals surface area contributed by atoms with E-state index in [2.05, 4.69) is 5.32 Å². The van der Waals surface area contributed by atoms with E-state index in [1.807, 2.05) is 7.05 Å². The number of halogens is 2. The van der Waals surface area contributed by atoms with Gasteiger partial charge in [-0.3, -0.25) is 4.79 Å². The second-order valence-corrected chi connectivity index (χ2v) is 4.96. The molecule has 0 aromatic heterocycles. The molecule has 1 aliphatic rings. The van der Waals surface area contributed by atoms with Crippen molar-refractivity contribution in [3.8, 4) is 0 Å². The van der Waals surface area contributed by atoms with Crippen LogP contribution in [-0.2, 0) is 11.2 Å². The topological polar surface area (TPSA) is 32.3 Å². The summed E-state index contributed by atoms with van der Waals surface area (Å²) in [5.74, 6) is -0.903. The Morgan fingerprint density at radius 3 is 2.95 bits per heavy atom. The Kier molecular flexibility index (Phi) is 4.47. The van der Waals surface area contributed by atoms with Gasteiger partial charge in [0.25, 0.3) is 0 Å². The molecule has 1 saturated heterocycles. The molecule has 1 N–H and O–H groups in total. The molecule has 2 rings (SSSR count). The van der Waals surface area contributed by atoms with Crippen molar-refractivity contribution < 1.29 is 13.6 Å². The van der Waals surface area contributed by atoms with Crippen LogP contribution in [0.25, 0.3) is 0 Å². The Balaban J connectivity index is 1.94. The maximum absolute atomic E-state index is 13.5. The molecule has 19 heavy (non-hydrogen) atoms. The molecule has 1 heterocycles. The number of nitrogens with zero attached hydrogens (tertiary/aromatic N) is 1. The van der Waals surface area contributed by atoms with E-state index in [0.29, 0.717) is 19.0 Å². The molecule has 0 bridgehead atoms. The van der Waals surface area contributed by atoms with Crippen molar-refractivity contribution >= 4 is 5.91 Å². The van der Waals surface area contributed by atoms with Gasteiger partial charge in [-0.15, -0.1) is 0 Å².